The van der Waals surface area contributed by atoms with Gasteiger partial charge in [-0.1, -0.05) is 6.07 Å². The van der Waals surface area contributed by atoms with Crippen LogP contribution in [0.25, 0.3) is 0 Å². The second kappa shape index (κ2) is 6.88. The third-order valence-electron chi connectivity index (χ3n) is 4.80. The van der Waals surface area contributed by atoms with Gasteiger partial charge in [-0.05, 0) is 37.3 Å². The summed E-state index contributed by atoms with van der Waals surface area (Å²) in [6, 6.07) is 3.61. The zero-order valence-corrected chi connectivity index (χ0v) is 14.9. The molecule has 1 N–H and O–H groups in total. The Kier molecular flexibility index (Phi) is 5.05. The van der Waals surface area contributed by atoms with Crippen molar-refractivity contribution in [1.29, 1.82) is 0 Å². The highest BCUT2D eigenvalue weighted by Gasteiger charge is 2.42. The van der Waals surface area contributed by atoms with Crippen LogP contribution < -0.4 is 5.32 Å². The number of rotatable bonds is 5. The lowest BCUT2D eigenvalue weighted by atomic mass is 9.84. The molecule has 0 aromatic carbocycles. The van der Waals surface area contributed by atoms with Gasteiger partial charge in [-0.25, -0.2) is 8.42 Å². The SMILES string of the molecule is CNCCN1C(=O)CC[C@H]2CN(S(=O)(=O)c3cccs3)CC[C@H]21. The fourth-order valence-corrected chi connectivity index (χ4v) is 6.25. The molecule has 2 aliphatic heterocycles. The van der Waals surface area contributed by atoms with Crippen LogP contribution >= 0.6 is 11.3 Å². The quantitative estimate of drug-likeness (QED) is 0.852. The predicted molar refractivity (Wildman–Crippen MR) is 89.8 cm³/mol. The van der Waals surface area contributed by atoms with Crippen molar-refractivity contribution >= 4 is 27.3 Å². The van der Waals surface area contributed by atoms with Gasteiger partial charge in [-0.2, -0.15) is 4.31 Å². The molecule has 2 atom stereocenters. The number of likely N-dealkylation sites (tertiary alicyclic amines) is 1. The average Bonchev–Trinajstić information content (AvgIpc) is 3.09. The molecule has 3 rings (SSSR count). The fraction of sp³-hybridized carbons (Fsp3) is 0.667. The Labute approximate surface area is 141 Å². The Balaban J connectivity index is 1.73. The van der Waals surface area contributed by atoms with Crippen LogP contribution in [0.4, 0.5) is 0 Å². The van der Waals surface area contributed by atoms with E-state index in [4.69, 9.17) is 0 Å². The van der Waals surface area contributed by atoms with Crippen LogP contribution in [0.3, 0.4) is 0 Å². The Morgan fingerprint density at radius 3 is 2.91 bits per heavy atom. The van der Waals surface area contributed by atoms with Gasteiger partial charge >= 0.3 is 0 Å². The molecule has 0 unspecified atom stereocenters. The molecule has 128 valence electrons. The summed E-state index contributed by atoms with van der Waals surface area (Å²) in [5, 5.41) is 4.87. The second-order valence-corrected chi connectivity index (χ2v) is 9.25. The molecule has 2 aliphatic rings. The van der Waals surface area contributed by atoms with Gasteiger partial charge in [0.05, 0.1) is 0 Å². The Morgan fingerprint density at radius 1 is 1.39 bits per heavy atom. The fourth-order valence-electron chi connectivity index (χ4n) is 3.60. The van der Waals surface area contributed by atoms with Crippen LogP contribution in [0.15, 0.2) is 21.7 Å². The van der Waals surface area contributed by atoms with E-state index in [0.717, 1.165) is 19.4 Å². The third-order valence-corrected chi connectivity index (χ3v) is 8.04. The number of likely N-dealkylation sites (N-methyl/N-ethyl adjacent to an activating group) is 1. The highest BCUT2D eigenvalue weighted by Crippen LogP contribution is 2.34. The summed E-state index contributed by atoms with van der Waals surface area (Å²) in [5.41, 5.74) is 0. The average molecular weight is 358 g/mol. The highest BCUT2D eigenvalue weighted by molar-refractivity contribution is 7.91. The summed E-state index contributed by atoms with van der Waals surface area (Å²) in [6.45, 7) is 2.49. The Hall–Kier alpha value is -0.960. The number of nitrogens with zero attached hydrogens (tertiary/aromatic N) is 2. The number of carbonyl (C=O) groups is 1. The van der Waals surface area contributed by atoms with Gasteiger partial charge in [-0.15, -0.1) is 11.3 Å². The second-order valence-electron chi connectivity index (χ2n) is 6.14. The van der Waals surface area contributed by atoms with E-state index in [9.17, 15) is 13.2 Å². The molecule has 0 saturated carbocycles. The van der Waals surface area contributed by atoms with E-state index >= 15 is 0 Å². The Morgan fingerprint density at radius 2 is 2.22 bits per heavy atom. The zero-order chi connectivity index (χ0) is 16.4. The van der Waals surface area contributed by atoms with Crippen LogP contribution in [0.1, 0.15) is 19.3 Å². The number of hydrogen-bond donors (Lipinski definition) is 1. The molecule has 23 heavy (non-hydrogen) atoms. The van der Waals surface area contributed by atoms with Crippen molar-refractivity contribution in [2.24, 2.45) is 5.92 Å². The zero-order valence-electron chi connectivity index (χ0n) is 13.3. The van der Waals surface area contributed by atoms with Crippen molar-refractivity contribution in [3.63, 3.8) is 0 Å². The number of thiophene rings is 1. The van der Waals surface area contributed by atoms with Crippen molar-refractivity contribution < 1.29 is 13.2 Å². The normalized spacial score (nSPS) is 26.3. The summed E-state index contributed by atoms with van der Waals surface area (Å²) >= 11 is 1.26. The highest BCUT2D eigenvalue weighted by atomic mass is 32.2. The minimum absolute atomic E-state index is 0.180. The standard InChI is InChI=1S/C15H23N3O3S2/c1-16-7-9-18-13-6-8-17(11-12(13)4-5-14(18)19)23(20,21)15-3-2-10-22-15/h2-3,10,12-13,16H,4-9,11H2,1H3/t12-,13+/m0/s1. The molecule has 0 aliphatic carbocycles. The van der Waals surface area contributed by atoms with Crippen LogP contribution in [-0.2, 0) is 14.8 Å². The number of amides is 1. The van der Waals surface area contributed by atoms with Crippen LogP contribution in [0.5, 0.6) is 0 Å². The van der Waals surface area contributed by atoms with E-state index in [1.165, 1.54) is 11.3 Å². The molecule has 1 amide bonds. The lowest BCUT2D eigenvalue weighted by molar-refractivity contribution is -0.140. The number of nitrogens with one attached hydrogen (secondary N) is 1. The monoisotopic (exact) mass is 357 g/mol. The van der Waals surface area contributed by atoms with Gasteiger partial charge in [-0.3, -0.25) is 4.79 Å². The van der Waals surface area contributed by atoms with Gasteiger partial charge in [0, 0.05) is 38.6 Å². The van der Waals surface area contributed by atoms with E-state index in [1.54, 1.807) is 21.8 Å². The van der Waals surface area contributed by atoms with Crippen molar-refractivity contribution in [3.05, 3.63) is 17.5 Å². The largest absolute Gasteiger partial charge is 0.338 e. The first-order valence-corrected chi connectivity index (χ1v) is 10.3. The molecule has 3 heterocycles. The number of fused-ring (bicyclic) bond motifs is 1. The molecule has 2 fully saturated rings. The van der Waals surface area contributed by atoms with Crippen molar-refractivity contribution in [2.75, 3.05) is 33.2 Å². The minimum atomic E-state index is -3.38. The molecular formula is C15H23N3O3S2. The molecule has 0 radical (unpaired) electrons. The first-order chi connectivity index (χ1) is 11.0. The maximum Gasteiger partial charge on any atom is 0.252 e. The summed E-state index contributed by atoms with van der Waals surface area (Å²) in [6.07, 6.45) is 2.04. The minimum Gasteiger partial charge on any atom is -0.338 e. The summed E-state index contributed by atoms with van der Waals surface area (Å²) in [7, 11) is -1.50. The van der Waals surface area contributed by atoms with Crippen LogP contribution in [0.2, 0.25) is 0 Å². The lowest BCUT2D eigenvalue weighted by Gasteiger charge is -2.46. The third kappa shape index (κ3) is 3.31. The number of sulfonamides is 1. The first kappa shape index (κ1) is 16.9. The summed E-state index contributed by atoms with van der Waals surface area (Å²) in [4.78, 5) is 14.1. The molecule has 1 aromatic heterocycles. The molecule has 0 spiro atoms. The van der Waals surface area contributed by atoms with Crippen LogP contribution in [-0.4, -0.2) is 62.8 Å². The first-order valence-electron chi connectivity index (χ1n) is 8.01. The summed E-state index contributed by atoms with van der Waals surface area (Å²) < 4.78 is 27.4. The lowest BCUT2D eigenvalue weighted by Crippen LogP contribution is -2.57. The molecular weight excluding hydrogens is 334 g/mol. The van der Waals surface area contributed by atoms with Crippen molar-refractivity contribution in [2.45, 2.75) is 29.5 Å². The van der Waals surface area contributed by atoms with Crippen molar-refractivity contribution in [1.82, 2.24) is 14.5 Å². The van der Waals surface area contributed by atoms with Gasteiger partial charge in [0.2, 0.25) is 5.91 Å². The van der Waals surface area contributed by atoms with E-state index < -0.39 is 10.0 Å². The van der Waals surface area contributed by atoms with Crippen molar-refractivity contribution in [3.8, 4) is 0 Å². The Bertz CT molecular complexity index is 645. The van der Waals surface area contributed by atoms with Crippen LogP contribution in [0, 0.1) is 5.92 Å². The van der Waals surface area contributed by atoms with E-state index in [-0.39, 0.29) is 17.9 Å². The number of piperidine rings is 2. The maximum absolute atomic E-state index is 12.7. The molecule has 1 aromatic rings. The molecule has 8 heteroatoms. The number of carbonyl (C=O) groups excluding carboxylic acids is 1. The smallest absolute Gasteiger partial charge is 0.252 e. The molecule has 0 bridgehead atoms. The van der Waals surface area contributed by atoms with Gasteiger partial charge in [0.15, 0.2) is 0 Å². The molecule has 2 saturated heterocycles. The van der Waals surface area contributed by atoms with Gasteiger partial charge < -0.3 is 10.2 Å². The predicted octanol–water partition coefficient (Wildman–Crippen LogP) is 0.969. The van der Waals surface area contributed by atoms with E-state index in [1.807, 2.05) is 11.9 Å². The van der Waals surface area contributed by atoms with E-state index in [2.05, 4.69) is 5.32 Å². The maximum atomic E-state index is 12.7. The number of hydrogen-bond acceptors (Lipinski definition) is 5. The van der Waals surface area contributed by atoms with Gasteiger partial charge in [0.1, 0.15) is 4.21 Å². The van der Waals surface area contributed by atoms with Gasteiger partial charge in [0.25, 0.3) is 10.0 Å². The molecule has 6 nitrogen and oxygen atoms in total. The van der Waals surface area contributed by atoms with E-state index in [0.29, 0.717) is 30.3 Å². The summed E-state index contributed by atoms with van der Waals surface area (Å²) in [5.74, 6) is 0.448. The topological polar surface area (TPSA) is 69.7 Å².